The van der Waals surface area contributed by atoms with Crippen LogP contribution >= 0.6 is 23.7 Å². The molecule has 21 heavy (non-hydrogen) atoms. The van der Waals surface area contributed by atoms with E-state index in [-0.39, 0.29) is 18.3 Å². The first-order chi connectivity index (χ1) is 9.72. The summed E-state index contributed by atoms with van der Waals surface area (Å²) in [4.78, 5) is 16.4. The van der Waals surface area contributed by atoms with Gasteiger partial charge in [-0.15, -0.1) is 23.7 Å². The number of aromatic nitrogens is 1. The summed E-state index contributed by atoms with van der Waals surface area (Å²) >= 11 is 1.42. The molecule has 2 aromatic rings. The normalized spacial score (nSPS) is 17.5. The SMILES string of the molecule is Cc1ccc(-c2nc(C(=O)NCC3CCCN3)cs2)o1.Cl. The van der Waals surface area contributed by atoms with Crippen LogP contribution in [-0.2, 0) is 0 Å². The minimum atomic E-state index is -0.121. The Hall–Kier alpha value is -1.37. The minimum absolute atomic E-state index is 0. The maximum Gasteiger partial charge on any atom is 0.270 e. The Balaban J connectivity index is 0.00000161. The summed E-state index contributed by atoms with van der Waals surface area (Å²) < 4.78 is 5.51. The minimum Gasteiger partial charge on any atom is -0.459 e. The third-order valence-corrected chi connectivity index (χ3v) is 4.22. The highest BCUT2D eigenvalue weighted by Gasteiger charge is 2.17. The van der Waals surface area contributed by atoms with Crippen molar-refractivity contribution in [3.05, 3.63) is 29.0 Å². The maximum absolute atomic E-state index is 12.0. The molecule has 1 fully saturated rings. The molecule has 0 radical (unpaired) electrons. The van der Waals surface area contributed by atoms with Gasteiger partial charge in [0.15, 0.2) is 10.8 Å². The first-order valence-electron chi connectivity index (χ1n) is 6.76. The van der Waals surface area contributed by atoms with Gasteiger partial charge in [-0.3, -0.25) is 4.79 Å². The van der Waals surface area contributed by atoms with E-state index in [1.807, 2.05) is 19.1 Å². The molecule has 5 nitrogen and oxygen atoms in total. The highest BCUT2D eigenvalue weighted by atomic mass is 35.5. The fourth-order valence-electron chi connectivity index (χ4n) is 2.28. The number of furan rings is 1. The van der Waals surface area contributed by atoms with E-state index in [0.717, 1.165) is 23.7 Å². The average Bonchev–Trinajstić information content (AvgIpc) is 3.16. The Morgan fingerprint density at radius 2 is 2.43 bits per heavy atom. The molecular weight excluding hydrogens is 310 g/mol. The monoisotopic (exact) mass is 327 g/mol. The van der Waals surface area contributed by atoms with Gasteiger partial charge in [-0.1, -0.05) is 0 Å². The molecule has 0 saturated carbocycles. The fourth-order valence-corrected chi connectivity index (χ4v) is 3.04. The molecule has 1 amide bonds. The number of nitrogens with one attached hydrogen (secondary N) is 2. The van der Waals surface area contributed by atoms with Crippen LogP contribution in [0.2, 0.25) is 0 Å². The Morgan fingerprint density at radius 1 is 1.57 bits per heavy atom. The molecule has 2 N–H and O–H groups in total. The zero-order valence-corrected chi connectivity index (χ0v) is 13.4. The van der Waals surface area contributed by atoms with Gasteiger partial charge in [0.05, 0.1) is 0 Å². The van der Waals surface area contributed by atoms with Crippen LogP contribution in [0.4, 0.5) is 0 Å². The highest BCUT2D eigenvalue weighted by Crippen LogP contribution is 2.25. The summed E-state index contributed by atoms with van der Waals surface area (Å²) in [7, 11) is 0. The summed E-state index contributed by atoms with van der Waals surface area (Å²) in [6.45, 7) is 3.59. The van der Waals surface area contributed by atoms with Crippen LogP contribution in [0.1, 0.15) is 29.1 Å². The van der Waals surface area contributed by atoms with Gasteiger partial charge in [-0.2, -0.15) is 0 Å². The van der Waals surface area contributed by atoms with E-state index in [1.165, 1.54) is 17.8 Å². The van der Waals surface area contributed by atoms with Gasteiger partial charge >= 0.3 is 0 Å². The number of nitrogens with zero attached hydrogens (tertiary/aromatic N) is 1. The number of hydrogen-bond donors (Lipinski definition) is 2. The Bertz CT molecular complexity index is 605. The number of carbonyl (C=O) groups excluding carboxylic acids is 1. The summed E-state index contributed by atoms with van der Waals surface area (Å²) in [6.07, 6.45) is 2.30. The first-order valence-corrected chi connectivity index (χ1v) is 7.64. The number of hydrogen-bond acceptors (Lipinski definition) is 5. The van der Waals surface area contributed by atoms with Gasteiger partial charge in [0.1, 0.15) is 11.5 Å². The van der Waals surface area contributed by atoms with Crippen molar-refractivity contribution < 1.29 is 9.21 Å². The highest BCUT2D eigenvalue weighted by molar-refractivity contribution is 7.13. The molecule has 1 saturated heterocycles. The zero-order chi connectivity index (χ0) is 13.9. The molecule has 1 atom stereocenters. The predicted octanol–water partition coefficient (Wildman–Crippen LogP) is 2.62. The van der Waals surface area contributed by atoms with Gasteiger partial charge in [0, 0.05) is 18.0 Å². The molecule has 3 rings (SSSR count). The summed E-state index contributed by atoms with van der Waals surface area (Å²) in [5.74, 6) is 1.43. The van der Waals surface area contributed by atoms with Crippen LogP contribution in [0.25, 0.3) is 10.8 Å². The summed E-state index contributed by atoms with van der Waals surface area (Å²) in [5, 5.41) is 8.78. The molecule has 1 unspecified atom stereocenters. The smallest absolute Gasteiger partial charge is 0.270 e. The van der Waals surface area contributed by atoms with Crippen molar-refractivity contribution in [1.29, 1.82) is 0 Å². The van der Waals surface area contributed by atoms with E-state index < -0.39 is 0 Å². The summed E-state index contributed by atoms with van der Waals surface area (Å²) in [6, 6.07) is 4.16. The third kappa shape index (κ3) is 3.84. The van der Waals surface area contributed by atoms with E-state index >= 15 is 0 Å². The van der Waals surface area contributed by atoms with Crippen molar-refractivity contribution in [3.63, 3.8) is 0 Å². The van der Waals surface area contributed by atoms with Crippen molar-refractivity contribution in [2.24, 2.45) is 0 Å². The van der Waals surface area contributed by atoms with Gasteiger partial charge < -0.3 is 15.1 Å². The standard InChI is InChI=1S/C14H17N3O2S.ClH/c1-9-4-5-12(19-9)14-17-11(8-20-14)13(18)16-7-10-3-2-6-15-10;/h4-5,8,10,15H,2-3,6-7H2,1H3,(H,16,18);1H. The fraction of sp³-hybridized carbons (Fsp3) is 0.429. The third-order valence-electron chi connectivity index (χ3n) is 3.36. The molecule has 114 valence electrons. The van der Waals surface area contributed by atoms with Gasteiger partial charge in [-0.25, -0.2) is 4.98 Å². The number of aryl methyl sites for hydroxylation is 1. The largest absolute Gasteiger partial charge is 0.459 e. The zero-order valence-electron chi connectivity index (χ0n) is 11.7. The molecule has 0 aliphatic carbocycles. The second kappa shape index (κ2) is 7.06. The maximum atomic E-state index is 12.0. The Morgan fingerprint density at radius 3 is 3.10 bits per heavy atom. The number of thiazole rings is 1. The van der Waals surface area contributed by atoms with Gasteiger partial charge in [0.25, 0.3) is 5.91 Å². The number of carbonyl (C=O) groups is 1. The van der Waals surface area contributed by atoms with Crippen LogP contribution in [0.15, 0.2) is 21.9 Å². The second-order valence-corrected chi connectivity index (χ2v) is 5.81. The quantitative estimate of drug-likeness (QED) is 0.906. The van der Waals surface area contributed by atoms with E-state index in [9.17, 15) is 4.79 Å². The predicted molar refractivity (Wildman–Crippen MR) is 85.2 cm³/mol. The van der Waals surface area contributed by atoms with Crippen molar-refractivity contribution in [3.8, 4) is 10.8 Å². The lowest BCUT2D eigenvalue weighted by Crippen LogP contribution is -2.37. The van der Waals surface area contributed by atoms with Crippen LogP contribution in [0.3, 0.4) is 0 Å². The van der Waals surface area contributed by atoms with Crippen molar-refractivity contribution in [2.45, 2.75) is 25.8 Å². The Kier molecular flexibility index (Phi) is 5.39. The molecule has 0 aromatic carbocycles. The number of amides is 1. The first kappa shape index (κ1) is 16.0. The van der Waals surface area contributed by atoms with E-state index in [1.54, 1.807) is 5.38 Å². The molecule has 1 aliphatic rings. The molecular formula is C14H18ClN3O2S. The van der Waals surface area contributed by atoms with E-state index in [4.69, 9.17) is 4.42 Å². The second-order valence-electron chi connectivity index (χ2n) is 4.95. The van der Waals surface area contributed by atoms with Crippen molar-refractivity contribution in [1.82, 2.24) is 15.6 Å². The average molecular weight is 328 g/mol. The number of halogens is 1. The van der Waals surface area contributed by atoms with Gasteiger partial charge in [-0.05, 0) is 38.4 Å². The van der Waals surface area contributed by atoms with E-state index in [2.05, 4.69) is 15.6 Å². The number of rotatable bonds is 4. The lowest BCUT2D eigenvalue weighted by molar-refractivity contribution is 0.0946. The Labute approximate surface area is 133 Å². The molecule has 7 heteroatoms. The van der Waals surface area contributed by atoms with Crippen LogP contribution in [0, 0.1) is 6.92 Å². The van der Waals surface area contributed by atoms with Crippen molar-refractivity contribution >= 4 is 29.7 Å². The lowest BCUT2D eigenvalue weighted by atomic mass is 10.2. The lowest BCUT2D eigenvalue weighted by Gasteiger charge is -2.10. The van der Waals surface area contributed by atoms with Crippen molar-refractivity contribution in [2.75, 3.05) is 13.1 Å². The van der Waals surface area contributed by atoms with Gasteiger partial charge in [0.2, 0.25) is 0 Å². The molecule has 2 aromatic heterocycles. The molecule has 0 bridgehead atoms. The van der Waals surface area contributed by atoms with E-state index in [0.29, 0.717) is 24.0 Å². The van der Waals surface area contributed by atoms with Crippen LogP contribution in [0.5, 0.6) is 0 Å². The van der Waals surface area contributed by atoms with Crippen LogP contribution < -0.4 is 10.6 Å². The molecule has 3 heterocycles. The molecule has 1 aliphatic heterocycles. The topological polar surface area (TPSA) is 67.2 Å². The van der Waals surface area contributed by atoms with Crippen LogP contribution in [-0.4, -0.2) is 30.0 Å². The molecule has 0 spiro atoms. The summed E-state index contributed by atoms with van der Waals surface area (Å²) in [5.41, 5.74) is 0.456.